The molecule has 6 heteroatoms. The van der Waals surface area contributed by atoms with E-state index in [1.165, 1.54) is 5.56 Å². The summed E-state index contributed by atoms with van der Waals surface area (Å²) in [6.07, 6.45) is 4.06. The highest BCUT2D eigenvalue weighted by Gasteiger charge is 2.30. The predicted octanol–water partition coefficient (Wildman–Crippen LogP) is 2.49. The quantitative estimate of drug-likeness (QED) is 0.855. The molecule has 0 radical (unpaired) electrons. The number of nitrogens with one attached hydrogen (secondary N) is 1. The normalized spacial score (nSPS) is 23.3. The van der Waals surface area contributed by atoms with Crippen LogP contribution >= 0.6 is 12.4 Å². The average Bonchev–Trinajstić information content (AvgIpc) is 2.92. The van der Waals surface area contributed by atoms with Crippen molar-refractivity contribution >= 4 is 24.2 Å². The molecule has 0 aliphatic carbocycles. The van der Waals surface area contributed by atoms with Crippen LogP contribution in [0.15, 0.2) is 30.3 Å². The number of piperidine rings is 1. The van der Waals surface area contributed by atoms with E-state index in [0.29, 0.717) is 25.6 Å². The number of hydrogen-bond acceptors (Lipinski definition) is 3. The fraction of sp³-hybridized carbons (Fsp3) is 0.619. The third-order valence-electron chi connectivity index (χ3n) is 5.60. The molecule has 150 valence electrons. The van der Waals surface area contributed by atoms with Crippen LogP contribution in [0.1, 0.15) is 38.2 Å². The van der Waals surface area contributed by atoms with Crippen LogP contribution in [0.2, 0.25) is 0 Å². The van der Waals surface area contributed by atoms with Gasteiger partial charge in [-0.25, -0.2) is 0 Å². The number of halogens is 1. The highest BCUT2D eigenvalue weighted by Crippen LogP contribution is 2.20. The Morgan fingerprint density at radius 3 is 2.52 bits per heavy atom. The Bertz CT molecular complexity index is 611. The van der Waals surface area contributed by atoms with Crippen LogP contribution in [-0.4, -0.2) is 60.4 Å². The summed E-state index contributed by atoms with van der Waals surface area (Å²) in [5, 5.41) is 3.41. The molecule has 1 aromatic carbocycles. The third kappa shape index (κ3) is 6.22. The zero-order chi connectivity index (χ0) is 18.4. The lowest BCUT2D eigenvalue weighted by Crippen LogP contribution is -2.45. The van der Waals surface area contributed by atoms with Gasteiger partial charge in [0.05, 0.1) is 0 Å². The first kappa shape index (κ1) is 21.7. The van der Waals surface area contributed by atoms with Gasteiger partial charge >= 0.3 is 0 Å². The van der Waals surface area contributed by atoms with Gasteiger partial charge in [-0.3, -0.25) is 9.59 Å². The maximum atomic E-state index is 12.8. The molecule has 27 heavy (non-hydrogen) atoms. The molecule has 2 heterocycles. The average molecular weight is 394 g/mol. The summed E-state index contributed by atoms with van der Waals surface area (Å²) in [5.41, 5.74) is 1.20. The van der Waals surface area contributed by atoms with E-state index in [1.807, 2.05) is 28.0 Å². The number of aryl methyl sites for hydroxylation is 1. The van der Waals surface area contributed by atoms with E-state index in [2.05, 4.69) is 24.4 Å². The van der Waals surface area contributed by atoms with Crippen LogP contribution < -0.4 is 5.32 Å². The second kappa shape index (κ2) is 10.7. The minimum Gasteiger partial charge on any atom is -0.341 e. The number of amides is 2. The maximum absolute atomic E-state index is 12.8. The number of hydrogen-bond donors (Lipinski definition) is 1. The van der Waals surface area contributed by atoms with Crippen molar-refractivity contribution in [2.24, 2.45) is 5.92 Å². The molecule has 0 saturated carbocycles. The van der Waals surface area contributed by atoms with E-state index in [0.717, 1.165) is 45.3 Å². The van der Waals surface area contributed by atoms with Crippen molar-refractivity contribution in [2.45, 2.75) is 45.1 Å². The maximum Gasteiger partial charge on any atom is 0.225 e. The van der Waals surface area contributed by atoms with Crippen molar-refractivity contribution in [1.29, 1.82) is 0 Å². The Morgan fingerprint density at radius 1 is 1.07 bits per heavy atom. The zero-order valence-corrected chi connectivity index (χ0v) is 17.0. The Morgan fingerprint density at radius 2 is 1.78 bits per heavy atom. The first-order valence-corrected chi connectivity index (χ1v) is 9.97. The minimum atomic E-state index is 0. The second-order valence-electron chi connectivity index (χ2n) is 7.62. The second-order valence-corrected chi connectivity index (χ2v) is 7.62. The van der Waals surface area contributed by atoms with E-state index < -0.39 is 0 Å². The molecule has 3 rings (SSSR count). The highest BCUT2D eigenvalue weighted by atomic mass is 35.5. The Labute approximate surface area is 168 Å². The van der Waals surface area contributed by atoms with Crippen LogP contribution in [-0.2, 0) is 16.0 Å². The van der Waals surface area contributed by atoms with E-state index in [1.54, 1.807) is 0 Å². The number of benzene rings is 1. The van der Waals surface area contributed by atoms with Crippen LogP contribution in [0.25, 0.3) is 0 Å². The van der Waals surface area contributed by atoms with Crippen molar-refractivity contribution in [3.63, 3.8) is 0 Å². The van der Waals surface area contributed by atoms with E-state index in [4.69, 9.17) is 0 Å². The highest BCUT2D eigenvalue weighted by molar-refractivity contribution is 5.85. The van der Waals surface area contributed by atoms with Crippen molar-refractivity contribution in [1.82, 2.24) is 15.1 Å². The largest absolute Gasteiger partial charge is 0.341 e. The van der Waals surface area contributed by atoms with E-state index >= 15 is 0 Å². The Balaban J connectivity index is 0.00000261. The molecule has 0 bridgehead atoms. The van der Waals surface area contributed by atoms with E-state index in [-0.39, 0.29) is 30.1 Å². The monoisotopic (exact) mass is 393 g/mol. The molecule has 2 atom stereocenters. The summed E-state index contributed by atoms with van der Waals surface area (Å²) >= 11 is 0. The number of carbonyl (C=O) groups excluding carboxylic acids is 2. The van der Waals surface area contributed by atoms with Crippen molar-refractivity contribution in [3.05, 3.63) is 35.9 Å². The Kier molecular flexibility index (Phi) is 8.58. The molecule has 2 aliphatic heterocycles. The van der Waals surface area contributed by atoms with Gasteiger partial charge in [-0.1, -0.05) is 30.3 Å². The van der Waals surface area contributed by atoms with Crippen molar-refractivity contribution < 1.29 is 9.59 Å². The van der Waals surface area contributed by atoms with Crippen molar-refractivity contribution in [3.8, 4) is 0 Å². The number of rotatable bonds is 4. The summed E-state index contributed by atoms with van der Waals surface area (Å²) < 4.78 is 0. The summed E-state index contributed by atoms with van der Waals surface area (Å²) in [6, 6.07) is 10.6. The smallest absolute Gasteiger partial charge is 0.225 e. The lowest BCUT2D eigenvalue weighted by Gasteiger charge is -2.31. The standard InChI is InChI=1S/C21H31N3O2.ClH/c1-17-16-19(10-11-22-17)21(26)24-13-5-12-23(14-15-24)20(25)9-8-18-6-3-2-4-7-18;/h2-4,6-7,17,19,22H,5,8-16H2,1H3;1H/t17-,19-;/m0./s1. The molecular weight excluding hydrogens is 362 g/mol. The van der Waals surface area contributed by atoms with Gasteiger partial charge < -0.3 is 15.1 Å². The van der Waals surface area contributed by atoms with Crippen molar-refractivity contribution in [2.75, 3.05) is 32.7 Å². The molecule has 5 nitrogen and oxygen atoms in total. The topological polar surface area (TPSA) is 52.7 Å². The molecule has 0 spiro atoms. The van der Waals surface area contributed by atoms with Crippen LogP contribution in [0.4, 0.5) is 0 Å². The number of carbonyl (C=O) groups is 2. The summed E-state index contributed by atoms with van der Waals surface area (Å²) in [7, 11) is 0. The van der Waals surface area contributed by atoms with Gasteiger partial charge in [0.2, 0.25) is 11.8 Å². The first-order chi connectivity index (χ1) is 12.6. The van der Waals surface area contributed by atoms with Gasteiger partial charge in [0.25, 0.3) is 0 Å². The summed E-state index contributed by atoms with van der Waals surface area (Å²) in [5.74, 6) is 0.641. The molecule has 2 saturated heterocycles. The summed E-state index contributed by atoms with van der Waals surface area (Å²) in [6.45, 7) is 5.96. The molecule has 0 aromatic heterocycles. The third-order valence-corrected chi connectivity index (χ3v) is 5.60. The van der Waals surface area contributed by atoms with Gasteiger partial charge in [-0.2, -0.15) is 0 Å². The predicted molar refractivity (Wildman–Crippen MR) is 110 cm³/mol. The zero-order valence-electron chi connectivity index (χ0n) is 16.2. The fourth-order valence-corrected chi connectivity index (χ4v) is 4.06. The van der Waals surface area contributed by atoms with Gasteiger partial charge in [0.1, 0.15) is 0 Å². The number of nitrogens with zero attached hydrogens (tertiary/aromatic N) is 2. The molecule has 2 amide bonds. The SMILES string of the molecule is C[C@H]1C[C@@H](C(=O)N2CCCN(C(=O)CCc3ccccc3)CC2)CCN1.Cl. The minimum absolute atomic E-state index is 0. The van der Waals surface area contributed by atoms with Crippen LogP contribution in [0.5, 0.6) is 0 Å². The molecule has 2 aliphatic rings. The van der Waals surface area contributed by atoms with Gasteiger partial charge in [-0.05, 0) is 44.7 Å². The van der Waals surface area contributed by atoms with Gasteiger partial charge in [0.15, 0.2) is 0 Å². The fourth-order valence-electron chi connectivity index (χ4n) is 4.06. The van der Waals surface area contributed by atoms with Crippen LogP contribution in [0, 0.1) is 5.92 Å². The van der Waals surface area contributed by atoms with E-state index in [9.17, 15) is 9.59 Å². The van der Waals surface area contributed by atoms with Gasteiger partial charge in [-0.15, -0.1) is 12.4 Å². The molecule has 0 unspecified atom stereocenters. The molecule has 1 N–H and O–H groups in total. The lowest BCUT2D eigenvalue weighted by atomic mass is 9.92. The summed E-state index contributed by atoms with van der Waals surface area (Å²) in [4.78, 5) is 29.3. The molecule has 2 fully saturated rings. The van der Waals surface area contributed by atoms with Gasteiger partial charge in [0, 0.05) is 44.6 Å². The lowest BCUT2D eigenvalue weighted by molar-refractivity contribution is -0.137. The molecule has 1 aromatic rings. The Hall–Kier alpha value is -1.59. The van der Waals surface area contributed by atoms with Crippen LogP contribution in [0.3, 0.4) is 0 Å². The molecular formula is C21H32ClN3O2. The first-order valence-electron chi connectivity index (χ1n) is 9.97.